The zero-order valence-corrected chi connectivity index (χ0v) is 11.5. The number of rotatable bonds is 4. The van der Waals surface area contributed by atoms with Gasteiger partial charge in [-0.25, -0.2) is 4.79 Å². The molecule has 1 saturated heterocycles. The molecule has 0 spiro atoms. The molecule has 0 aromatic rings. The van der Waals surface area contributed by atoms with Crippen molar-refractivity contribution < 1.29 is 14.7 Å². The lowest BCUT2D eigenvalue weighted by atomic mass is 10.1. The molecule has 0 radical (unpaired) electrons. The molecule has 0 bridgehead atoms. The van der Waals surface area contributed by atoms with Crippen LogP contribution in [0.5, 0.6) is 0 Å². The number of hydrogen-bond acceptors (Lipinski definition) is 3. The molecule has 102 valence electrons. The van der Waals surface area contributed by atoms with Gasteiger partial charge in [0.05, 0.1) is 5.41 Å². The maximum Gasteiger partial charge on any atom is 0.317 e. The van der Waals surface area contributed by atoms with Crippen molar-refractivity contribution in [1.82, 2.24) is 10.2 Å². The number of carbonyl (C=O) groups excluding carboxylic acids is 1. The van der Waals surface area contributed by atoms with E-state index in [2.05, 4.69) is 12.2 Å². The van der Waals surface area contributed by atoms with Crippen LogP contribution in [0.15, 0.2) is 0 Å². The first kappa shape index (κ1) is 13.5. The van der Waals surface area contributed by atoms with Gasteiger partial charge in [-0.3, -0.25) is 4.79 Å². The fraction of sp³-hybridized carbons (Fsp3) is 0.833. The largest absolute Gasteiger partial charge is 0.481 e. The van der Waals surface area contributed by atoms with E-state index in [1.807, 2.05) is 16.7 Å². The Morgan fingerprint density at radius 3 is 2.78 bits per heavy atom. The Labute approximate surface area is 111 Å². The third kappa shape index (κ3) is 2.91. The first-order chi connectivity index (χ1) is 8.57. The monoisotopic (exact) mass is 272 g/mol. The summed E-state index contributed by atoms with van der Waals surface area (Å²) in [6, 6.07) is -0.110. The molecule has 18 heavy (non-hydrogen) atoms. The van der Waals surface area contributed by atoms with Gasteiger partial charge >= 0.3 is 12.0 Å². The quantitative estimate of drug-likeness (QED) is 0.811. The molecule has 1 aliphatic heterocycles. The van der Waals surface area contributed by atoms with Crippen molar-refractivity contribution in [2.75, 3.05) is 25.4 Å². The molecule has 6 heteroatoms. The summed E-state index contributed by atoms with van der Waals surface area (Å²) in [5.74, 6) is 0.180. The predicted octanol–water partition coefficient (Wildman–Crippen LogP) is 1.39. The highest BCUT2D eigenvalue weighted by atomic mass is 32.2. The van der Waals surface area contributed by atoms with Crippen LogP contribution in [-0.4, -0.2) is 52.6 Å². The predicted molar refractivity (Wildman–Crippen MR) is 70.8 cm³/mol. The van der Waals surface area contributed by atoms with E-state index in [-0.39, 0.29) is 12.6 Å². The lowest BCUT2D eigenvalue weighted by Gasteiger charge is -2.32. The number of nitrogens with zero attached hydrogens (tertiary/aromatic N) is 1. The van der Waals surface area contributed by atoms with Crippen LogP contribution in [-0.2, 0) is 4.79 Å². The van der Waals surface area contributed by atoms with Crippen molar-refractivity contribution in [3.63, 3.8) is 0 Å². The Morgan fingerprint density at radius 1 is 1.50 bits per heavy atom. The highest BCUT2D eigenvalue weighted by molar-refractivity contribution is 8.00. The van der Waals surface area contributed by atoms with Crippen LogP contribution in [0.2, 0.25) is 0 Å². The Balaban J connectivity index is 1.79. The number of thioether (sulfide) groups is 1. The third-order valence-corrected chi connectivity index (χ3v) is 5.14. The number of carboxylic acid groups (broad SMARTS) is 1. The molecular weight excluding hydrogens is 252 g/mol. The molecule has 2 rings (SSSR count). The second-order valence-corrected chi connectivity index (χ2v) is 6.50. The summed E-state index contributed by atoms with van der Waals surface area (Å²) in [5, 5.41) is 12.3. The summed E-state index contributed by atoms with van der Waals surface area (Å²) in [5.41, 5.74) is -0.676. The van der Waals surface area contributed by atoms with Gasteiger partial charge in [-0.1, -0.05) is 6.92 Å². The van der Waals surface area contributed by atoms with E-state index in [9.17, 15) is 9.59 Å². The minimum Gasteiger partial charge on any atom is -0.481 e. The molecule has 2 amide bonds. The van der Waals surface area contributed by atoms with E-state index >= 15 is 0 Å². The second-order valence-electron chi connectivity index (χ2n) is 5.09. The summed E-state index contributed by atoms with van der Waals surface area (Å²) in [6.07, 6.45) is 2.42. The van der Waals surface area contributed by atoms with E-state index in [0.29, 0.717) is 18.1 Å². The van der Waals surface area contributed by atoms with E-state index in [4.69, 9.17) is 5.11 Å². The lowest BCUT2D eigenvalue weighted by Crippen LogP contribution is -2.48. The second kappa shape index (κ2) is 5.38. The van der Waals surface area contributed by atoms with Crippen LogP contribution in [0.1, 0.15) is 26.2 Å². The average Bonchev–Trinajstić information content (AvgIpc) is 3.17. The topological polar surface area (TPSA) is 69.6 Å². The van der Waals surface area contributed by atoms with Crippen molar-refractivity contribution in [3.8, 4) is 0 Å². The number of hydrogen-bond donors (Lipinski definition) is 2. The minimum atomic E-state index is -0.788. The number of carbonyl (C=O) groups is 2. The number of amides is 2. The molecule has 1 saturated carbocycles. The smallest absolute Gasteiger partial charge is 0.317 e. The van der Waals surface area contributed by atoms with Gasteiger partial charge < -0.3 is 15.3 Å². The Bertz CT molecular complexity index is 344. The van der Waals surface area contributed by atoms with Crippen molar-refractivity contribution in [2.45, 2.75) is 31.4 Å². The summed E-state index contributed by atoms with van der Waals surface area (Å²) >= 11 is 1.91. The van der Waals surface area contributed by atoms with Gasteiger partial charge in [-0.2, -0.15) is 11.8 Å². The summed E-state index contributed by atoms with van der Waals surface area (Å²) in [4.78, 5) is 24.8. The Kier molecular flexibility index (Phi) is 4.04. The van der Waals surface area contributed by atoms with E-state index in [0.717, 1.165) is 25.3 Å². The van der Waals surface area contributed by atoms with E-state index in [1.54, 1.807) is 0 Å². The molecule has 0 aromatic heterocycles. The van der Waals surface area contributed by atoms with Crippen molar-refractivity contribution >= 4 is 23.8 Å². The number of aliphatic carboxylic acids is 1. The average molecular weight is 272 g/mol. The van der Waals surface area contributed by atoms with Gasteiger partial charge in [-0.15, -0.1) is 0 Å². The molecule has 1 aliphatic carbocycles. The molecule has 0 aromatic carbocycles. The number of urea groups is 1. The Morgan fingerprint density at radius 2 is 2.22 bits per heavy atom. The van der Waals surface area contributed by atoms with E-state index in [1.165, 1.54) is 0 Å². The Hall–Kier alpha value is -0.910. The standard InChI is InChI=1S/C12H20N2O3S/c1-2-9-7-14(5-6-18-9)11(17)13-8-12(3-4-12)10(15)16/h9H,2-8H2,1H3,(H,13,17)(H,15,16). The van der Waals surface area contributed by atoms with Crippen molar-refractivity contribution in [3.05, 3.63) is 0 Å². The van der Waals surface area contributed by atoms with Gasteiger partial charge in [0.25, 0.3) is 0 Å². The first-order valence-electron chi connectivity index (χ1n) is 6.45. The fourth-order valence-corrected chi connectivity index (χ4v) is 3.30. The number of nitrogens with one attached hydrogen (secondary N) is 1. The molecular formula is C12H20N2O3S. The maximum atomic E-state index is 12.0. The van der Waals surface area contributed by atoms with E-state index < -0.39 is 11.4 Å². The van der Waals surface area contributed by atoms with Gasteiger partial charge in [0.2, 0.25) is 0 Å². The van der Waals surface area contributed by atoms with Gasteiger partial charge in [0.15, 0.2) is 0 Å². The zero-order valence-electron chi connectivity index (χ0n) is 10.6. The maximum absolute atomic E-state index is 12.0. The van der Waals surface area contributed by atoms with Crippen LogP contribution in [0.3, 0.4) is 0 Å². The molecule has 2 aliphatic rings. The zero-order chi connectivity index (χ0) is 13.2. The minimum absolute atomic E-state index is 0.110. The lowest BCUT2D eigenvalue weighted by molar-refractivity contribution is -0.143. The van der Waals surface area contributed by atoms with Crippen LogP contribution in [0, 0.1) is 5.41 Å². The van der Waals surface area contributed by atoms with Crippen LogP contribution in [0.4, 0.5) is 4.79 Å². The number of carboxylic acids is 1. The van der Waals surface area contributed by atoms with Crippen molar-refractivity contribution in [1.29, 1.82) is 0 Å². The highest BCUT2D eigenvalue weighted by Crippen LogP contribution is 2.45. The molecule has 1 unspecified atom stereocenters. The van der Waals surface area contributed by atoms with Crippen LogP contribution < -0.4 is 5.32 Å². The van der Waals surface area contributed by atoms with Crippen molar-refractivity contribution in [2.24, 2.45) is 5.41 Å². The summed E-state index contributed by atoms with van der Waals surface area (Å²) in [7, 11) is 0. The van der Waals surface area contributed by atoms with Gasteiger partial charge in [0, 0.05) is 30.6 Å². The molecule has 2 N–H and O–H groups in total. The SMILES string of the molecule is CCC1CN(C(=O)NCC2(C(=O)O)CC2)CCS1. The van der Waals surface area contributed by atoms with Crippen LogP contribution in [0.25, 0.3) is 0 Å². The molecule has 2 fully saturated rings. The third-order valence-electron chi connectivity index (χ3n) is 3.77. The van der Waals surface area contributed by atoms with Crippen LogP contribution >= 0.6 is 11.8 Å². The van der Waals surface area contributed by atoms with Gasteiger partial charge in [-0.05, 0) is 19.3 Å². The highest BCUT2D eigenvalue weighted by Gasteiger charge is 2.50. The first-order valence-corrected chi connectivity index (χ1v) is 7.50. The molecule has 5 nitrogen and oxygen atoms in total. The molecule has 1 atom stereocenters. The fourth-order valence-electron chi connectivity index (χ4n) is 2.12. The van der Waals surface area contributed by atoms with Gasteiger partial charge in [0.1, 0.15) is 0 Å². The summed E-state index contributed by atoms with van der Waals surface area (Å²) < 4.78 is 0. The summed E-state index contributed by atoms with van der Waals surface area (Å²) in [6.45, 7) is 3.92. The normalized spacial score (nSPS) is 25.6. The molecule has 1 heterocycles.